The summed E-state index contributed by atoms with van der Waals surface area (Å²) in [6.07, 6.45) is 1.59. The Labute approximate surface area is 120 Å². The maximum Gasteiger partial charge on any atom is 0.287 e. The van der Waals surface area contributed by atoms with Crippen LogP contribution in [-0.4, -0.2) is 34.4 Å². The van der Waals surface area contributed by atoms with Gasteiger partial charge in [0.05, 0.1) is 11.9 Å². The van der Waals surface area contributed by atoms with Gasteiger partial charge in [0.2, 0.25) is 0 Å². The summed E-state index contributed by atoms with van der Waals surface area (Å²) in [5.74, 6) is 4.76. The van der Waals surface area contributed by atoms with Gasteiger partial charge in [-0.1, -0.05) is 5.16 Å². The smallest absolute Gasteiger partial charge is 0.287 e. The Morgan fingerprint density at radius 2 is 2.29 bits per heavy atom. The quantitative estimate of drug-likeness (QED) is 0.426. The molecule has 2 aromatic rings. The molecule has 2 heterocycles. The third-order valence-electron chi connectivity index (χ3n) is 3.00. The molecule has 1 amide bonds. The number of hydrazine groups is 1. The third kappa shape index (κ3) is 3.26. The second-order valence-corrected chi connectivity index (χ2v) is 4.38. The van der Waals surface area contributed by atoms with Crippen molar-refractivity contribution in [2.75, 3.05) is 18.5 Å². The van der Waals surface area contributed by atoms with E-state index in [-0.39, 0.29) is 17.8 Å². The lowest BCUT2D eigenvalue weighted by molar-refractivity contribution is 0.0944. The van der Waals surface area contributed by atoms with Crippen LogP contribution < -0.4 is 21.7 Å². The van der Waals surface area contributed by atoms with Gasteiger partial charge in [0.25, 0.3) is 11.5 Å². The highest BCUT2D eigenvalue weighted by atomic mass is 16.5. The summed E-state index contributed by atoms with van der Waals surface area (Å²) in [6.45, 7) is 2.83. The molecule has 3 N–H and O–H groups in total. The van der Waals surface area contributed by atoms with E-state index >= 15 is 0 Å². The number of nitrogens with zero attached hydrogens (tertiary/aromatic N) is 4. The molecule has 0 unspecified atom stereocenters. The molecule has 21 heavy (non-hydrogen) atoms. The molecule has 0 bridgehead atoms. The van der Waals surface area contributed by atoms with Crippen LogP contribution in [-0.2, 0) is 6.54 Å². The first-order valence-corrected chi connectivity index (χ1v) is 6.30. The van der Waals surface area contributed by atoms with E-state index in [9.17, 15) is 9.59 Å². The summed E-state index contributed by atoms with van der Waals surface area (Å²) >= 11 is 0. The van der Waals surface area contributed by atoms with Gasteiger partial charge in [0.15, 0.2) is 11.5 Å². The molecule has 2 aromatic heterocycles. The number of carbonyl (C=O) groups is 1. The first-order chi connectivity index (χ1) is 10.0. The van der Waals surface area contributed by atoms with Gasteiger partial charge in [0.1, 0.15) is 6.54 Å². The molecular formula is C12H16N6O3. The third-order valence-corrected chi connectivity index (χ3v) is 3.00. The lowest BCUT2D eigenvalue weighted by atomic mass is 10.3. The van der Waals surface area contributed by atoms with E-state index in [0.29, 0.717) is 5.76 Å². The summed E-state index contributed by atoms with van der Waals surface area (Å²) in [5.41, 5.74) is 2.46. The molecule has 0 fully saturated rings. The SMILES string of the molecule is CCN(C)c1cnn(Cc2cc(C(=O)NN)no2)c(=O)c1. The summed E-state index contributed by atoms with van der Waals surface area (Å²) < 4.78 is 6.19. The molecule has 0 radical (unpaired) electrons. The van der Waals surface area contributed by atoms with Crippen molar-refractivity contribution >= 4 is 11.6 Å². The number of aromatic nitrogens is 3. The molecule has 2 rings (SSSR count). The van der Waals surface area contributed by atoms with Gasteiger partial charge in [-0.05, 0) is 6.92 Å². The fourth-order valence-electron chi connectivity index (χ4n) is 1.65. The van der Waals surface area contributed by atoms with Gasteiger partial charge in [0, 0.05) is 25.7 Å². The standard InChI is InChI=1S/C12H16N6O3/c1-3-17(2)8-4-11(19)18(14-6-8)7-9-5-10(16-21-9)12(20)15-13/h4-6H,3,7,13H2,1-2H3,(H,15,20). The van der Waals surface area contributed by atoms with Crippen LogP contribution >= 0.6 is 0 Å². The first-order valence-electron chi connectivity index (χ1n) is 6.30. The molecule has 0 aliphatic carbocycles. The van der Waals surface area contributed by atoms with Crippen molar-refractivity contribution < 1.29 is 9.32 Å². The zero-order chi connectivity index (χ0) is 15.4. The number of anilines is 1. The fraction of sp³-hybridized carbons (Fsp3) is 0.333. The number of amides is 1. The van der Waals surface area contributed by atoms with Crippen molar-refractivity contribution in [3.8, 4) is 0 Å². The lowest BCUT2D eigenvalue weighted by Gasteiger charge is -2.15. The Balaban J connectivity index is 2.18. The van der Waals surface area contributed by atoms with Crippen LogP contribution in [0.2, 0.25) is 0 Å². The molecular weight excluding hydrogens is 276 g/mol. The number of carbonyl (C=O) groups excluding carboxylic acids is 1. The van der Waals surface area contributed by atoms with E-state index in [1.165, 1.54) is 16.8 Å². The maximum absolute atomic E-state index is 12.0. The number of nitrogens with one attached hydrogen (secondary N) is 1. The van der Waals surface area contributed by atoms with Crippen molar-refractivity contribution in [3.05, 3.63) is 40.1 Å². The van der Waals surface area contributed by atoms with Crippen molar-refractivity contribution in [1.82, 2.24) is 20.4 Å². The molecule has 0 aliphatic rings. The maximum atomic E-state index is 12.0. The van der Waals surface area contributed by atoms with Crippen molar-refractivity contribution in [1.29, 1.82) is 0 Å². The molecule has 9 heteroatoms. The summed E-state index contributed by atoms with van der Waals surface area (Å²) in [6, 6.07) is 2.89. The Morgan fingerprint density at radius 3 is 2.90 bits per heavy atom. The zero-order valence-corrected chi connectivity index (χ0v) is 11.7. The van der Waals surface area contributed by atoms with Crippen LogP contribution in [0.5, 0.6) is 0 Å². The molecule has 0 saturated carbocycles. The predicted octanol–water partition coefficient (Wildman–Crippen LogP) is -0.661. The number of rotatable bonds is 5. The molecule has 0 spiro atoms. The molecule has 0 aromatic carbocycles. The molecule has 9 nitrogen and oxygen atoms in total. The topological polar surface area (TPSA) is 119 Å². The number of hydrogen-bond acceptors (Lipinski definition) is 7. The van der Waals surface area contributed by atoms with E-state index in [1.54, 1.807) is 6.20 Å². The van der Waals surface area contributed by atoms with Gasteiger partial charge < -0.3 is 9.42 Å². The van der Waals surface area contributed by atoms with E-state index in [0.717, 1.165) is 12.2 Å². The molecule has 0 saturated heterocycles. The minimum atomic E-state index is -0.565. The highest BCUT2D eigenvalue weighted by Crippen LogP contribution is 2.08. The van der Waals surface area contributed by atoms with Gasteiger partial charge in [-0.25, -0.2) is 10.5 Å². The fourth-order valence-corrected chi connectivity index (χ4v) is 1.65. The molecule has 0 atom stereocenters. The first kappa shape index (κ1) is 14.7. The van der Waals surface area contributed by atoms with E-state index < -0.39 is 5.91 Å². The number of nitrogen functional groups attached to an aromatic ring is 1. The number of nitrogens with two attached hydrogens (primary N) is 1. The highest BCUT2D eigenvalue weighted by Gasteiger charge is 2.12. The average Bonchev–Trinajstić information content (AvgIpc) is 2.96. The van der Waals surface area contributed by atoms with Crippen LogP contribution in [0.4, 0.5) is 5.69 Å². The summed E-state index contributed by atoms with van der Waals surface area (Å²) in [4.78, 5) is 25.1. The predicted molar refractivity (Wildman–Crippen MR) is 74.7 cm³/mol. The van der Waals surface area contributed by atoms with E-state index in [4.69, 9.17) is 10.4 Å². The van der Waals surface area contributed by atoms with Gasteiger partial charge in [-0.15, -0.1) is 0 Å². The Kier molecular flexibility index (Phi) is 4.33. The van der Waals surface area contributed by atoms with Crippen LogP contribution in [0.3, 0.4) is 0 Å². The normalized spacial score (nSPS) is 10.4. The lowest BCUT2D eigenvalue weighted by Crippen LogP contribution is -2.30. The van der Waals surface area contributed by atoms with Gasteiger partial charge in [-0.2, -0.15) is 5.10 Å². The Morgan fingerprint density at radius 1 is 1.52 bits per heavy atom. The van der Waals surface area contributed by atoms with Crippen molar-refractivity contribution in [3.63, 3.8) is 0 Å². The van der Waals surface area contributed by atoms with Crippen LogP contribution in [0, 0.1) is 0 Å². The van der Waals surface area contributed by atoms with Gasteiger partial charge in [-0.3, -0.25) is 15.0 Å². The number of hydrogen-bond donors (Lipinski definition) is 2. The van der Waals surface area contributed by atoms with E-state index in [1.807, 2.05) is 24.3 Å². The van der Waals surface area contributed by atoms with E-state index in [2.05, 4.69) is 10.3 Å². The molecule has 0 aliphatic heterocycles. The monoisotopic (exact) mass is 292 g/mol. The second kappa shape index (κ2) is 6.18. The minimum absolute atomic E-state index is 0.0443. The van der Waals surface area contributed by atoms with Crippen molar-refractivity contribution in [2.24, 2.45) is 5.84 Å². The van der Waals surface area contributed by atoms with Crippen molar-refractivity contribution in [2.45, 2.75) is 13.5 Å². The molecule has 112 valence electrons. The largest absolute Gasteiger partial charge is 0.373 e. The summed E-state index contributed by atoms with van der Waals surface area (Å²) in [7, 11) is 1.87. The Bertz CT molecular complexity index is 692. The average molecular weight is 292 g/mol. The van der Waals surface area contributed by atoms with Crippen LogP contribution in [0.25, 0.3) is 0 Å². The minimum Gasteiger partial charge on any atom is -0.373 e. The zero-order valence-electron chi connectivity index (χ0n) is 11.7. The van der Waals surface area contributed by atoms with Crippen LogP contribution in [0.1, 0.15) is 23.2 Å². The van der Waals surface area contributed by atoms with Crippen LogP contribution in [0.15, 0.2) is 27.6 Å². The van der Waals surface area contributed by atoms with Gasteiger partial charge >= 0.3 is 0 Å². The Hall–Kier alpha value is -2.68. The highest BCUT2D eigenvalue weighted by molar-refractivity contribution is 5.91. The summed E-state index contributed by atoms with van der Waals surface area (Å²) in [5, 5.41) is 7.62. The second-order valence-electron chi connectivity index (χ2n) is 4.38.